The van der Waals surface area contributed by atoms with Gasteiger partial charge >= 0.3 is 0 Å². The highest BCUT2D eigenvalue weighted by Crippen LogP contribution is 2.19. The Kier molecular flexibility index (Phi) is 4.67. The molecule has 2 heterocycles. The SMILES string of the molecule is O=C(CCn1nnc(-c2ccc(Cl)cc2)n1)N1CCc2ccccc2C1. The highest BCUT2D eigenvalue weighted by molar-refractivity contribution is 6.30. The standard InChI is InChI=1S/C19H18ClN5O/c20-17-7-5-15(6-8-17)19-21-23-25(22-19)12-10-18(26)24-11-9-14-3-1-2-4-16(14)13-24/h1-8H,9-13H2. The molecule has 1 aromatic heterocycles. The fraction of sp³-hybridized carbons (Fsp3) is 0.263. The molecule has 0 saturated carbocycles. The van der Waals surface area contributed by atoms with Crippen molar-refractivity contribution < 1.29 is 4.79 Å². The van der Waals surface area contributed by atoms with E-state index in [4.69, 9.17) is 11.6 Å². The number of hydrogen-bond donors (Lipinski definition) is 0. The van der Waals surface area contributed by atoms with Crippen LogP contribution < -0.4 is 0 Å². The summed E-state index contributed by atoms with van der Waals surface area (Å²) in [5, 5.41) is 13.1. The minimum Gasteiger partial charge on any atom is -0.338 e. The Morgan fingerprint density at radius 1 is 1.08 bits per heavy atom. The van der Waals surface area contributed by atoms with Crippen molar-refractivity contribution in [2.45, 2.75) is 25.9 Å². The van der Waals surface area contributed by atoms with E-state index in [9.17, 15) is 4.79 Å². The Bertz CT molecular complexity index is 922. The molecule has 0 bridgehead atoms. The van der Waals surface area contributed by atoms with Crippen molar-refractivity contribution in [3.8, 4) is 11.4 Å². The Balaban J connectivity index is 1.36. The molecule has 7 heteroatoms. The predicted molar refractivity (Wildman–Crippen MR) is 98.4 cm³/mol. The van der Waals surface area contributed by atoms with Crippen LogP contribution in [0.5, 0.6) is 0 Å². The number of benzene rings is 2. The van der Waals surface area contributed by atoms with Gasteiger partial charge in [0.05, 0.1) is 6.54 Å². The number of aryl methyl sites for hydroxylation is 1. The topological polar surface area (TPSA) is 63.9 Å². The zero-order valence-electron chi connectivity index (χ0n) is 14.2. The number of fused-ring (bicyclic) bond motifs is 1. The lowest BCUT2D eigenvalue weighted by Crippen LogP contribution is -2.36. The van der Waals surface area contributed by atoms with Crippen LogP contribution in [0.25, 0.3) is 11.4 Å². The molecule has 4 rings (SSSR count). The first-order chi connectivity index (χ1) is 12.7. The molecule has 0 spiro atoms. The molecule has 6 nitrogen and oxygen atoms in total. The molecule has 1 aliphatic heterocycles. The highest BCUT2D eigenvalue weighted by atomic mass is 35.5. The predicted octanol–water partition coefficient (Wildman–Crippen LogP) is 2.97. The van der Waals surface area contributed by atoms with Gasteiger partial charge in [0.1, 0.15) is 0 Å². The van der Waals surface area contributed by atoms with Crippen LogP contribution in [0.1, 0.15) is 17.5 Å². The summed E-state index contributed by atoms with van der Waals surface area (Å²) in [5.41, 5.74) is 3.41. The second-order valence-corrected chi connectivity index (χ2v) is 6.74. The highest BCUT2D eigenvalue weighted by Gasteiger charge is 2.20. The Labute approximate surface area is 156 Å². The minimum absolute atomic E-state index is 0.116. The van der Waals surface area contributed by atoms with E-state index in [1.165, 1.54) is 15.9 Å². The molecule has 26 heavy (non-hydrogen) atoms. The van der Waals surface area contributed by atoms with Gasteiger partial charge in [0.25, 0.3) is 0 Å². The lowest BCUT2D eigenvalue weighted by molar-refractivity contribution is -0.132. The number of amides is 1. The molecule has 0 atom stereocenters. The maximum absolute atomic E-state index is 12.5. The van der Waals surface area contributed by atoms with Crippen LogP contribution in [0.4, 0.5) is 0 Å². The fourth-order valence-corrected chi connectivity index (χ4v) is 3.24. The van der Waals surface area contributed by atoms with Gasteiger partial charge < -0.3 is 4.90 Å². The Morgan fingerprint density at radius 3 is 2.65 bits per heavy atom. The maximum atomic E-state index is 12.5. The maximum Gasteiger partial charge on any atom is 0.224 e. The van der Waals surface area contributed by atoms with Gasteiger partial charge in [-0.25, -0.2) is 0 Å². The number of carbonyl (C=O) groups is 1. The van der Waals surface area contributed by atoms with Gasteiger partial charge in [0, 0.05) is 30.1 Å². The van der Waals surface area contributed by atoms with E-state index < -0.39 is 0 Å². The number of carbonyl (C=O) groups excluding carboxylic acids is 1. The molecule has 1 aliphatic rings. The molecular weight excluding hydrogens is 350 g/mol. The van der Waals surface area contributed by atoms with Crippen LogP contribution >= 0.6 is 11.6 Å². The molecule has 0 N–H and O–H groups in total. The second-order valence-electron chi connectivity index (χ2n) is 6.30. The number of halogens is 1. The van der Waals surface area contributed by atoms with Gasteiger partial charge in [-0.05, 0) is 47.0 Å². The molecule has 0 radical (unpaired) electrons. The number of rotatable bonds is 4. The molecule has 0 aliphatic carbocycles. The van der Waals surface area contributed by atoms with Gasteiger partial charge in [0.15, 0.2) is 0 Å². The van der Waals surface area contributed by atoms with Crippen LogP contribution in [0.3, 0.4) is 0 Å². The third kappa shape index (κ3) is 3.60. The van der Waals surface area contributed by atoms with E-state index in [1.54, 1.807) is 12.1 Å². The number of hydrogen-bond acceptors (Lipinski definition) is 4. The summed E-state index contributed by atoms with van der Waals surface area (Å²) < 4.78 is 0. The molecule has 2 aromatic carbocycles. The zero-order chi connectivity index (χ0) is 17.9. The summed E-state index contributed by atoms with van der Waals surface area (Å²) in [5.74, 6) is 0.644. The van der Waals surface area contributed by atoms with E-state index in [0.29, 0.717) is 30.4 Å². The van der Waals surface area contributed by atoms with Crippen molar-refractivity contribution in [1.29, 1.82) is 0 Å². The fourth-order valence-electron chi connectivity index (χ4n) is 3.11. The van der Waals surface area contributed by atoms with Crippen molar-refractivity contribution in [1.82, 2.24) is 25.1 Å². The van der Waals surface area contributed by atoms with Gasteiger partial charge in [-0.1, -0.05) is 35.9 Å². The summed E-state index contributed by atoms with van der Waals surface area (Å²) in [4.78, 5) is 15.9. The molecule has 3 aromatic rings. The van der Waals surface area contributed by atoms with E-state index >= 15 is 0 Å². The van der Waals surface area contributed by atoms with Crippen molar-refractivity contribution >= 4 is 17.5 Å². The van der Waals surface area contributed by atoms with Crippen LogP contribution in [0.15, 0.2) is 48.5 Å². The van der Waals surface area contributed by atoms with E-state index in [1.807, 2.05) is 29.2 Å². The lowest BCUT2D eigenvalue weighted by atomic mass is 10.00. The largest absolute Gasteiger partial charge is 0.338 e. The Morgan fingerprint density at radius 2 is 1.85 bits per heavy atom. The van der Waals surface area contributed by atoms with E-state index in [2.05, 4.69) is 27.5 Å². The van der Waals surface area contributed by atoms with Crippen LogP contribution in [0.2, 0.25) is 5.02 Å². The number of aromatic nitrogens is 4. The minimum atomic E-state index is 0.116. The average molecular weight is 368 g/mol. The first-order valence-corrected chi connectivity index (χ1v) is 8.95. The van der Waals surface area contributed by atoms with Gasteiger partial charge in [-0.15, -0.1) is 10.2 Å². The number of tetrazole rings is 1. The third-order valence-electron chi connectivity index (χ3n) is 4.56. The van der Waals surface area contributed by atoms with Crippen molar-refractivity contribution in [3.05, 3.63) is 64.7 Å². The first-order valence-electron chi connectivity index (χ1n) is 8.57. The average Bonchev–Trinajstić information content (AvgIpc) is 3.15. The van der Waals surface area contributed by atoms with Crippen LogP contribution in [-0.2, 0) is 24.3 Å². The lowest BCUT2D eigenvalue weighted by Gasteiger charge is -2.28. The summed E-state index contributed by atoms with van der Waals surface area (Å²) in [6.45, 7) is 1.85. The molecule has 0 unspecified atom stereocenters. The molecule has 0 fully saturated rings. The normalized spacial score (nSPS) is 13.5. The van der Waals surface area contributed by atoms with Crippen molar-refractivity contribution in [3.63, 3.8) is 0 Å². The van der Waals surface area contributed by atoms with Gasteiger partial charge in [0.2, 0.25) is 11.7 Å². The third-order valence-corrected chi connectivity index (χ3v) is 4.82. The first kappa shape index (κ1) is 16.7. The van der Waals surface area contributed by atoms with E-state index in [-0.39, 0.29) is 5.91 Å². The molecule has 1 amide bonds. The summed E-state index contributed by atoms with van der Waals surface area (Å²) in [6.07, 6.45) is 1.27. The van der Waals surface area contributed by atoms with Crippen molar-refractivity contribution in [2.75, 3.05) is 6.54 Å². The van der Waals surface area contributed by atoms with Gasteiger partial charge in [-0.3, -0.25) is 4.79 Å². The Hall–Kier alpha value is -2.73. The number of nitrogens with zero attached hydrogens (tertiary/aromatic N) is 5. The smallest absolute Gasteiger partial charge is 0.224 e. The van der Waals surface area contributed by atoms with E-state index in [0.717, 1.165) is 18.5 Å². The second kappa shape index (κ2) is 7.25. The molecular formula is C19H18ClN5O. The quantitative estimate of drug-likeness (QED) is 0.711. The molecule has 0 saturated heterocycles. The van der Waals surface area contributed by atoms with Crippen molar-refractivity contribution in [2.24, 2.45) is 0 Å². The zero-order valence-corrected chi connectivity index (χ0v) is 14.9. The summed E-state index contributed by atoms with van der Waals surface area (Å²) in [7, 11) is 0. The van der Waals surface area contributed by atoms with Gasteiger partial charge in [-0.2, -0.15) is 4.80 Å². The monoisotopic (exact) mass is 367 g/mol. The van der Waals surface area contributed by atoms with Crippen LogP contribution in [0, 0.1) is 0 Å². The van der Waals surface area contributed by atoms with Crippen LogP contribution in [-0.4, -0.2) is 37.6 Å². The summed E-state index contributed by atoms with van der Waals surface area (Å²) >= 11 is 5.89. The molecule has 132 valence electrons. The summed E-state index contributed by atoms with van der Waals surface area (Å²) in [6, 6.07) is 15.6.